The Morgan fingerprint density at radius 3 is 3.00 bits per heavy atom. The molecule has 3 rings (SSSR count). The second-order valence-corrected chi connectivity index (χ2v) is 6.49. The molecule has 1 aliphatic rings. The van der Waals surface area contributed by atoms with Gasteiger partial charge in [0, 0.05) is 29.6 Å². The molecule has 20 heavy (non-hydrogen) atoms. The molecule has 0 N–H and O–H groups in total. The van der Waals surface area contributed by atoms with E-state index in [0.717, 1.165) is 34.2 Å². The fourth-order valence-electron chi connectivity index (χ4n) is 2.48. The van der Waals surface area contributed by atoms with Crippen molar-refractivity contribution < 1.29 is 4.79 Å². The van der Waals surface area contributed by atoms with E-state index in [9.17, 15) is 4.79 Å². The molecular formula is C15H16N2OS2. The number of anilines is 1. The van der Waals surface area contributed by atoms with Gasteiger partial charge in [-0.25, -0.2) is 4.98 Å². The Morgan fingerprint density at radius 2 is 2.35 bits per heavy atom. The number of amides is 1. The maximum Gasteiger partial charge on any atom is 0.227 e. The van der Waals surface area contributed by atoms with Crippen LogP contribution in [0.2, 0.25) is 0 Å². The number of hydrogen-bond acceptors (Lipinski definition) is 4. The fraction of sp³-hybridized carbons (Fsp3) is 0.333. The molecule has 1 unspecified atom stereocenters. The van der Waals surface area contributed by atoms with E-state index in [1.807, 2.05) is 36.1 Å². The second-order valence-electron chi connectivity index (χ2n) is 5.06. The van der Waals surface area contributed by atoms with Gasteiger partial charge in [0.25, 0.3) is 0 Å². The third-order valence-electron chi connectivity index (χ3n) is 3.54. The quantitative estimate of drug-likeness (QED) is 0.882. The molecule has 1 saturated heterocycles. The summed E-state index contributed by atoms with van der Waals surface area (Å²) in [7, 11) is 0. The predicted molar refractivity (Wildman–Crippen MR) is 86.6 cm³/mol. The van der Waals surface area contributed by atoms with Crippen molar-refractivity contribution in [2.75, 3.05) is 17.2 Å². The van der Waals surface area contributed by atoms with Crippen molar-refractivity contribution in [3.63, 3.8) is 0 Å². The summed E-state index contributed by atoms with van der Waals surface area (Å²) in [6, 6.07) is 8.06. The first kappa shape index (κ1) is 13.6. The van der Waals surface area contributed by atoms with Crippen molar-refractivity contribution in [3.8, 4) is 11.3 Å². The first-order valence-electron chi connectivity index (χ1n) is 6.61. The number of aromatic nitrogens is 1. The predicted octanol–water partition coefficient (Wildman–Crippen LogP) is 3.40. The van der Waals surface area contributed by atoms with Crippen LogP contribution in [0.5, 0.6) is 0 Å². The van der Waals surface area contributed by atoms with E-state index < -0.39 is 0 Å². The highest BCUT2D eigenvalue weighted by Gasteiger charge is 2.29. The van der Waals surface area contributed by atoms with Crippen molar-refractivity contribution in [1.29, 1.82) is 0 Å². The molecule has 1 atom stereocenters. The number of carbonyl (C=O) groups is 1. The van der Waals surface area contributed by atoms with Gasteiger partial charge in [0.1, 0.15) is 0 Å². The van der Waals surface area contributed by atoms with Gasteiger partial charge in [0.2, 0.25) is 5.91 Å². The molecule has 104 valence electrons. The monoisotopic (exact) mass is 304 g/mol. The second kappa shape index (κ2) is 5.58. The van der Waals surface area contributed by atoms with E-state index in [-0.39, 0.29) is 5.91 Å². The van der Waals surface area contributed by atoms with Gasteiger partial charge in [-0.2, -0.15) is 12.6 Å². The summed E-state index contributed by atoms with van der Waals surface area (Å²) in [5.41, 5.74) is 3.00. The lowest BCUT2D eigenvalue weighted by atomic mass is 10.1. The van der Waals surface area contributed by atoms with Gasteiger partial charge in [0.05, 0.1) is 10.7 Å². The van der Waals surface area contributed by atoms with Crippen LogP contribution in [-0.2, 0) is 4.79 Å². The van der Waals surface area contributed by atoms with Crippen LogP contribution in [-0.4, -0.2) is 23.2 Å². The van der Waals surface area contributed by atoms with Crippen LogP contribution in [0.3, 0.4) is 0 Å². The number of carbonyl (C=O) groups excluding carboxylic acids is 1. The lowest BCUT2D eigenvalue weighted by molar-refractivity contribution is -0.117. The van der Waals surface area contributed by atoms with E-state index in [4.69, 9.17) is 0 Å². The molecule has 1 aromatic carbocycles. The normalized spacial score (nSPS) is 18.8. The van der Waals surface area contributed by atoms with Crippen LogP contribution in [0.1, 0.15) is 11.4 Å². The minimum atomic E-state index is 0.190. The zero-order chi connectivity index (χ0) is 14.1. The molecule has 1 amide bonds. The van der Waals surface area contributed by atoms with Gasteiger partial charge in [-0.15, -0.1) is 11.3 Å². The van der Waals surface area contributed by atoms with E-state index in [1.54, 1.807) is 11.3 Å². The number of thiol groups is 1. The topological polar surface area (TPSA) is 33.2 Å². The summed E-state index contributed by atoms with van der Waals surface area (Å²) in [4.78, 5) is 18.4. The average molecular weight is 304 g/mol. The third-order valence-corrected chi connectivity index (χ3v) is 4.83. The van der Waals surface area contributed by atoms with Crippen LogP contribution >= 0.6 is 24.0 Å². The first-order valence-corrected chi connectivity index (χ1v) is 8.12. The highest BCUT2D eigenvalue weighted by Crippen LogP contribution is 2.30. The minimum Gasteiger partial charge on any atom is -0.312 e. The fourth-order valence-corrected chi connectivity index (χ4v) is 3.35. The maximum atomic E-state index is 12.1. The highest BCUT2D eigenvalue weighted by molar-refractivity contribution is 7.80. The number of nitrogens with zero attached hydrogens (tertiary/aromatic N) is 2. The smallest absolute Gasteiger partial charge is 0.227 e. The third kappa shape index (κ3) is 2.60. The average Bonchev–Trinajstić information content (AvgIpc) is 3.05. The Bertz CT molecular complexity index is 638. The summed E-state index contributed by atoms with van der Waals surface area (Å²) < 4.78 is 0. The van der Waals surface area contributed by atoms with Crippen molar-refractivity contribution in [3.05, 3.63) is 34.7 Å². The lowest BCUT2D eigenvalue weighted by Crippen LogP contribution is -2.24. The standard InChI is InChI=1S/C15H16N2OS2/c1-10-16-14(9-20-10)12-3-2-4-13(6-12)17-7-11(8-19)5-15(17)18/h2-4,6,9,11,19H,5,7-8H2,1H3. The van der Waals surface area contributed by atoms with Crippen LogP contribution in [0.15, 0.2) is 29.6 Å². The molecule has 0 spiro atoms. The molecular weight excluding hydrogens is 288 g/mol. The van der Waals surface area contributed by atoms with E-state index in [1.165, 1.54) is 0 Å². The maximum absolute atomic E-state index is 12.1. The number of thiazole rings is 1. The molecule has 2 heterocycles. The van der Waals surface area contributed by atoms with E-state index in [2.05, 4.69) is 23.0 Å². The summed E-state index contributed by atoms with van der Waals surface area (Å²) in [5, 5.41) is 3.11. The molecule has 1 fully saturated rings. The molecule has 5 heteroatoms. The molecule has 3 nitrogen and oxygen atoms in total. The Balaban J connectivity index is 1.90. The summed E-state index contributed by atoms with van der Waals surface area (Å²) >= 11 is 5.94. The minimum absolute atomic E-state index is 0.190. The van der Waals surface area contributed by atoms with Gasteiger partial charge in [0.15, 0.2) is 0 Å². The lowest BCUT2D eigenvalue weighted by Gasteiger charge is -2.17. The van der Waals surface area contributed by atoms with Gasteiger partial charge in [-0.1, -0.05) is 12.1 Å². The molecule has 0 saturated carbocycles. The Hall–Kier alpha value is -1.33. The SMILES string of the molecule is Cc1nc(-c2cccc(N3CC(CS)CC3=O)c2)cs1. The van der Waals surface area contributed by atoms with Crippen molar-refractivity contribution >= 4 is 35.6 Å². The molecule has 0 radical (unpaired) electrons. The molecule has 2 aromatic rings. The van der Waals surface area contributed by atoms with E-state index in [0.29, 0.717) is 12.3 Å². The zero-order valence-electron chi connectivity index (χ0n) is 11.2. The molecule has 1 aliphatic heterocycles. The highest BCUT2D eigenvalue weighted by atomic mass is 32.1. The Morgan fingerprint density at radius 1 is 1.50 bits per heavy atom. The largest absolute Gasteiger partial charge is 0.312 e. The van der Waals surface area contributed by atoms with Gasteiger partial charge in [-0.05, 0) is 30.7 Å². The van der Waals surface area contributed by atoms with Gasteiger partial charge < -0.3 is 4.90 Å². The Labute approximate surface area is 128 Å². The van der Waals surface area contributed by atoms with Gasteiger partial charge >= 0.3 is 0 Å². The van der Waals surface area contributed by atoms with Crippen molar-refractivity contribution in [2.24, 2.45) is 5.92 Å². The molecule has 0 bridgehead atoms. The number of hydrogen-bond donors (Lipinski definition) is 1. The van der Waals surface area contributed by atoms with Crippen molar-refractivity contribution in [1.82, 2.24) is 4.98 Å². The summed E-state index contributed by atoms with van der Waals surface area (Å²) in [5.74, 6) is 1.30. The van der Waals surface area contributed by atoms with E-state index >= 15 is 0 Å². The van der Waals surface area contributed by atoms with Crippen LogP contribution in [0.25, 0.3) is 11.3 Å². The molecule has 0 aliphatic carbocycles. The number of aryl methyl sites for hydroxylation is 1. The molecule has 1 aromatic heterocycles. The van der Waals surface area contributed by atoms with Crippen LogP contribution in [0.4, 0.5) is 5.69 Å². The zero-order valence-corrected chi connectivity index (χ0v) is 13.0. The van der Waals surface area contributed by atoms with Crippen molar-refractivity contribution in [2.45, 2.75) is 13.3 Å². The number of rotatable bonds is 3. The van der Waals surface area contributed by atoms with Crippen LogP contribution in [0, 0.1) is 12.8 Å². The van der Waals surface area contributed by atoms with Crippen LogP contribution < -0.4 is 4.90 Å². The first-order chi connectivity index (χ1) is 9.67. The summed E-state index contributed by atoms with van der Waals surface area (Å²) in [6.45, 7) is 2.77. The summed E-state index contributed by atoms with van der Waals surface area (Å²) in [6.07, 6.45) is 0.601. The van der Waals surface area contributed by atoms with Gasteiger partial charge in [-0.3, -0.25) is 4.79 Å². The number of benzene rings is 1. The Kier molecular flexibility index (Phi) is 3.81.